The number of hydrogen-bond acceptors (Lipinski definition) is 5. The van der Waals surface area contributed by atoms with Crippen LogP contribution in [0.2, 0.25) is 10.0 Å². The third-order valence-corrected chi connectivity index (χ3v) is 8.94. The molecule has 0 N–H and O–H groups in total. The monoisotopic (exact) mass is 543 g/mol. The van der Waals surface area contributed by atoms with Crippen LogP contribution in [0.1, 0.15) is 76.2 Å². The smallest absolute Gasteiger partial charge is 0.374 e. The second-order valence-electron chi connectivity index (χ2n) is 9.47. The number of oxime groups is 1. The van der Waals surface area contributed by atoms with E-state index in [1.165, 1.54) is 29.5 Å². The lowest BCUT2D eigenvalue weighted by Gasteiger charge is -2.29. The van der Waals surface area contributed by atoms with Gasteiger partial charge in [0.1, 0.15) is 11.5 Å². The number of thiophene rings is 1. The SMILES string of the molecule is O=C1CCC(CC(=O)c2sc(C3=NOC(c4cc(Cl)cc(Cl)c4)(C(F)(F)F)C3)c3c2CCC3)CC1. The number of Topliss-reactive ketones (excluding diaryl/α,β-unsaturated/α-hetero) is 2. The van der Waals surface area contributed by atoms with Gasteiger partial charge in [-0.2, -0.15) is 13.2 Å². The zero-order valence-corrected chi connectivity index (χ0v) is 21.0. The minimum Gasteiger partial charge on any atom is -0.374 e. The topological polar surface area (TPSA) is 55.7 Å². The molecule has 2 aliphatic carbocycles. The molecule has 0 bridgehead atoms. The van der Waals surface area contributed by atoms with Crippen molar-refractivity contribution in [3.8, 4) is 0 Å². The minimum absolute atomic E-state index is 0.00183. The summed E-state index contributed by atoms with van der Waals surface area (Å²) >= 11 is 13.2. The molecule has 2 aromatic rings. The molecular formula is C25H22Cl2F3NO3S. The molecule has 2 heterocycles. The maximum Gasteiger partial charge on any atom is 0.435 e. The van der Waals surface area contributed by atoms with Gasteiger partial charge in [-0.05, 0) is 67.3 Å². The van der Waals surface area contributed by atoms with Gasteiger partial charge in [0.05, 0.1) is 16.2 Å². The van der Waals surface area contributed by atoms with Gasteiger partial charge in [-0.3, -0.25) is 9.59 Å². The summed E-state index contributed by atoms with van der Waals surface area (Å²) in [6, 6.07) is 3.75. The van der Waals surface area contributed by atoms with Crippen molar-refractivity contribution in [3.63, 3.8) is 0 Å². The zero-order chi connectivity index (χ0) is 25.0. The number of fused-ring (bicyclic) bond motifs is 1. The molecule has 1 saturated carbocycles. The van der Waals surface area contributed by atoms with E-state index in [2.05, 4.69) is 5.16 Å². The van der Waals surface area contributed by atoms with E-state index in [1.807, 2.05) is 0 Å². The number of benzene rings is 1. The van der Waals surface area contributed by atoms with Gasteiger partial charge in [0, 0.05) is 34.9 Å². The fraction of sp³-hybridized carbons (Fsp3) is 0.480. The summed E-state index contributed by atoms with van der Waals surface area (Å²) in [6.45, 7) is 0. The summed E-state index contributed by atoms with van der Waals surface area (Å²) in [5, 5.41) is 4.05. The van der Waals surface area contributed by atoms with Crippen LogP contribution in [0.3, 0.4) is 0 Å². The highest BCUT2D eigenvalue weighted by Crippen LogP contribution is 2.51. The van der Waals surface area contributed by atoms with Gasteiger partial charge in [0.15, 0.2) is 5.78 Å². The summed E-state index contributed by atoms with van der Waals surface area (Å²) in [5.74, 6) is 0.406. The van der Waals surface area contributed by atoms with Gasteiger partial charge in [0.25, 0.3) is 5.60 Å². The van der Waals surface area contributed by atoms with Crippen molar-refractivity contribution in [3.05, 3.63) is 54.7 Å². The Morgan fingerprint density at radius 2 is 1.74 bits per heavy atom. The summed E-state index contributed by atoms with van der Waals surface area (Å²) in [4.78, 5) is 31.1. The van der Waals surface area contributed by atoms with E-state index in [9.17, 15) is 22.8 Å². The molecule has 0 radical (unpaired) electrons. The maximum atomic E-state index is 14.4. The number of ketones is 2. The van der Waals surface area contributed by atoms with Crippen LogP contribution in [0, 0.1) is 5.92 Å². The summed E-state index contributed by atoms with van der Waals surface area (Å²) in [7, 11) is 0. The van der Waals surface area contributed by atoms with E-state index in [1.54, 1.807) is 0 Å². The molecule has 0 saturated heterocycles. The predicted octanol–water partition coefficient (Wildman–Crippen LogP) is 7.46. The molecule has 1 aromatic heterocycles. The van der Waals surface area contributed by atoms with Crippen molar-refractivity contribution in [2.45, 2.75) is 69.6 Å². The van der Waals surface area contributed by atoms with Crippen molar-refractivity contribution >= 4 is 51.8 Å². The molecule has 35 heavy (non-hydrogen) atoms. The van der Waals surface area contributed by atoms with Gasteiger partial charge in [-0.15, -0.1) is 11.3 Å². The summed E-state index contributed by atoms with van der Waals surface area (Å²) < 4.78 is 43.2. The van der Waals surface area contributed by atoms with Gasteiger partial charge in [-0.25, -0.2) is 0 Å². The average molecular weight is 544 g/mol. The van der Waals surface area contributed by atoms with Gasteiger partial charge >= 0.3 is 6.18 Å². The van der Waals surface area contributed by atoms with E-state index < -0.39 is 18.2 Å². The highest BCUT2D eigenvalue weighted by molar-refractivity contribution is 7.16. The van der Waals surface area contributed by atoms with Crippen LogP contribution in [0.25, 0.3) is 0 Å². The fourth-order valence-corrected chi connectivity index (χ4v) is 7.15. The van der Waals surface area contributed by atoms with Crippen molar-refractivity contribution in [1.29, 1.82) is 0 Å². The quantitative estimate of drug-likeness (QED) is 0.368. The number of nitrogens with zero attached hydrogens (tertiary/aromatic N) is 1. The van der Waals surface area contributed by atoms with Crippen LogP contribution in [-0.4, -0.2) is 23.5 Å². The Labute approximate surface area is 214 Å². The Hall–Kier alpha value is -1.90. The third-order valence-electron chi connectivity index (χ3n) is 7.14. The molecule has 10 heteroatoms. The second kappa shape index (κ2) is 9.20. The lowest BCUT2D eigenvalue weighted by Crippen LogP contribution is -2.42. The van der Waals surface area contributed by atoms with Crippen molar-refractivity contribution in [2.75, 3.05) is 0 Å². The first-order valence-electron chi connectivity index (χ1n) is 11.6. The van der Waals surface area contributed by atoms with Crippen LogP contribution < -0.4 is 0 Å². The van der Waals surface area contributed by atoms with Gasteiger partial charge in [-0.1, -0.05) is 28.4 Å². The Morgan fingerprint density at radius 3 is 2.40 bits per heavy atom. The van der Waals surface area contributed by atoms with Crippen molar-refractivity contribution < 1.29 is 27.6 Å². The van der Waals surface area contributed by atoms with Gasteiger partial charge < -0.3 is 4.84 Å². The third kappa shape index (κ3) is 4.53. The Kier molecular flexibility index (Phi) is 6.51. The van der Waals surface area contributed by atoms with Crippen LogP contribution >= 0.6 is 34.5 Å². The van der Waals surface area contributed by atoms with Crippen LogP contribution in [0.15, 0.2) is 23.4 Å². The van der Waals surface area contributed by atoms with Crippen molar-refractivity contribution in [2.24, 2.45) is 11.1 Å². The Balaban J connectivity index is 1.45. The number of alkyl halides is 3. The summed E-state index contributed by atoms with van der Waals surface area (Å²) in [6.07, 6.45) is -0.264. The largest absolute Gasteiger partial charge is 0.435 e. The highest BCUT2D eigenvalue weighted by Gasteiger charge is 2.62. The fourth-order valence-electron chi connectivity index (χ4n) is 5.30. The lowest BCUT2D eigenvalue weighted by molar-refractivity contribution is -0.275. The van der Waals surface area contributed by atoms with Gasteiger partial charge in [0.2, 0.25) is 0 Å². The average Bonchev–Trinajstić information content (AvgIpc) is 3.49. The number of hydrogen-bond donors (Lipinski definition) is 0. The normalized spacial score (nSPS) is 22.8. The molecule has 0 amide bonds. The number of rotatable bonds is 5. The highest BCUT2D eigenvalue weighted by atomic mass is 35.5. The minimum atomic E-state index is -4.77. The van der Waals surface area contributed by atoms with E-state index in [0.717, 1.165) is 24.0 Å². The molecule has 1 atom stereocenters. The molecule has 1 fully saturated rings. The first-order valence-corrected chi connectivity index (χ1v) is 13.1. The number of carbonyl (C=O) groups is 2. The zero-order valence-electron chi connectivity index (χ0n) is 18.6. The van der Waals surface area contributed by atoms with E-state index in [-0.39, 0.29) is 38.8 Å². The first-order chi connectivity index (χ1) is 16.6. The number of carbonyl (C=O) groups excluding carboxylic acids is 2. The lowest BCUT2D eigenvalue weighted by atomic mass is 9.84. The predicted molar refractivity (Wildman–Crippen MR) is 129 cm³/mol. The molecule has 1 unspecified atom stereocenters. The molecule has 1 aromatic carbocycles. The molecule has 1 aliphatic heterocycles. The molecular weight excluding hydrogens is 522 g/mol. The molecule has 4 nitrogen and oxygen atoms in total. The Bertz CT molecular complexity index is 1210. The first kappa shape index (κ1) is 24.8. The Morgan fingerprint density at radius 1 is 1.09 bits per heavy atom. The maximum absolute atomic E-state index is 14.4. The van der Waals surface area contributed by atoms with E-state index in [0.29, 0.717) is 48.3 Å². The van der Waals surface area contributed by atoms with Crippen LogP contribution in [0.4, 0.5) is 13.2 Å². The van der Waals surface area contributed by atoms with E-state index in [4.69, 9.17) is 28.0 Å². The van der Waals surface area contributed by atoms with Crippen LogP contribution in [-0.2, 0) is 28.1 Å². The standard InChI is InChI=1S/C25H22Cl2F3NO3S/c26-15-9-14(10-16(27)11-15)24(25(28,29)30)12-20(31-34-24)22-18-2-1-3-19(18)23(35-22)21(33)8-13-4-6-17(32)7-5-13/h9-11,13H,1-8,12H2. The molecule has 5 rings (SSSR count). The second-order valence-corrected chi connectivity index (χ2v) is 11.4. The summed E-state index contributed by atoms with van der Waals surface area (Å²) in [5.41, 5.74) is -0.895. The molecule has 0 spiro atoms. The molecule has 3 aliphatic rings. The number of halogens is 5. The van der Waals surface area contributed by atoms with E-state index >= 15 is 0 Å². The van der Waals surface area contributed by atoms with Crippen molar-refractivity contribution in [1.82, 2.24) is 0 Å². The molecule has 186 valence electrons. The van der Waals surface area contributed by atoms with Crippen LogP contribution in [0.5, 0.6) is 0 Å².